The van der Waals surface area contributed by atoms with Crippen molar-refractivity contribution in [1.82, 2.24) is 19.6 Å². The predicted molar refractivity (Wildman–Crippen MR) is 86.9 cm³/mol. The summed E-state index contributed by atoms with van der Waals surface area (Å²) in [5.41, 5.74) is 2.40. The molecule has 0 N–H and O–H groups in total. The normalized spacial score (nSPS) is 10.8. The van der Waals surface area contributed by atoms with Crippen molar-refractivity contribution in [2.45, 2.75) is 20.3 Å². The molecule has 0 fully saturated rings. The van der Waals surface area contributed by atoms with E-state index in [4.69, 9.17) is 9.47 Å². The number of ether oxygens (including phenoxy) is 2. The lowest BCUT2D eigenvalue weighted by Crippen LogP contribution is -2.16. The monoisotopic (exact) mass is 326 g/mol. The van der Waals surface area contributed by atoms with Gasteiger partial charge in [0.15, 0.2) is 0 Å². The summed E-state index contributed by atoms with van der Waals surface area (Å²) in [4.78, 5) is 20.5. The van der Waals surface area contributed by atoms with Crippen LogP contribution >= 0.6 is 0 Å². The summed E-state index contributed by atoms with van der Waals surface area (Å²) in [6.45, 7) is 4.25. The average molecular weight is 326 g/mol. The first-order valence-electron chi connectivity index (χ1n) is 7.64. The van der Waals surface area contributed by atoms with Crippen molar-refractivity contribution in [1.29, 1.82) is 0 Å². The lowest BCUT2D eigenvalue weighted by Gasteiger charge is -2.11. The van der Waals surface area contributed by atoms with E-state index in [2.05, 4.69) is 15.1 Å². The molecular weight excluding hydrogens is 308 g/mol. The summed E-state index contributed by atoms with van der Waals surface area (Å²) in [6, 6.07) is 9.40. The van der Waals surface area contributed by atoms with Crippen LogP contribution in [0, 0.1) is 13.8 Å². The molecule has 3 aromatic rings. The van der Waals surface area contributed by atoms with Gasteiger partial charge < -0.3 is 9.47 Å². The van der Waals surface area contributed by atoms with Crippen LogP contribution in [-0.4, -0.2) is 38.8 Å². The largest absolute Gasteiger partial charge is 0.490 e. The Bertz CT molecular complexity index is 846. The number of carbonyl (C=O) groups is 1. The Labute approximate surface area is 139 Å². The minimum absolute atomic E-state index is 0.145. The number of aryl methyl sites for hydroxylation is 2. The Kier molecular flexibility index (Phi) is 4.69. The molecule has 1 aromatic carbocycles. The van der Waals surface area contributed by atoms with Crippen molar-refractivity contribution in [3.05, 3.63) is 53.6 Å². The Balaban J connectivity index is 1.55. The zero-order valence-electron chi connectivity index (χ0n) is 13.6. The zero-order chi connectivity index (χ0) is 16.9. The highest BCUT2D eigenvalue weighted by molar-refractivity contribution is 5.73. The number of fused-ring (bicyclic) bond motifs is 1. The second-order valence-electron chi connectivity index (χ2n) is 5.29. The van der Waals surface area contributed by atoms with E-state index in [-0.39, 0.29) is 19.0 Å². The fourth-order valence-corrected chi connectivity index (χ4v) is 2.44. The minimum Gasteiger partial charge on any atom is -0.490 e. The van der Waals surface area contributed by atoms with E-state index in [1.807, 2.05) is 44.2 Å². The fraction of sp³-hybridized carbons (Fsp3) is 0.294. The smallest absolute Gasteiger partial charge is 0.310 e. The number of aromatic nitrogens is 4. The molecule has 0 radical (unpaired) electrons. The molecule has 0 aliphatic rings. The van der Waals surface area contributed by atoms with E-state index in [1.165, 1.54) is 6.33 Å². The highest BCUT2D eigenvalue weighted by Gasteiger charge is 2.15. The third kappa shape index (κ3) is 3.51. The van der Waals surface area contributed by atoms with Gasteiger partial charge in [0, 0.05) is 17.0 Å². The topological polar surface area (TPSA) is 78.6 Å². The lowest BCUT2D eigenvalue weighted by atomic mass is 10.1. The number of esters is 1. The molecule has 0 bridgehead atoms. The summed E-state index contributed by atoms with van der Waals surface area (Å²) in [5, 5.41) is 4.11. The highest BCUT2D eigenvalue weighted by Crippen LogP contribution is 2.14. The molecule has 0 saturated heterocycles. The molecule has 0 saturated carbocycles. The molecule has 24 heavy (non-hydrogen) atoms. The van der Waals surface area contributed by atoms with Crippen molar-refractivity contribution in [3.63, 3.8) is 0 Å². The molecule has 0 spiro atoms. The fourth-order valence-electron chi connectivity index (χ4n) is 2.44. The van der Waals surface area contributed by atoms with Crippen molar-refractivity contribution in [2.75, 3.05) is 13.2 Å². The van der Waals surface area contributed by atoms with Gasteiger partial charge in [-0.05, 0) is 26.0 Å². The Morgan fingerprint density at radius 1 is 1.17 bits per heavy atom. The van der Waals surface area contributed by atoms with Crippen LogP contribution in [0.5, 0.6) is 5.75 Å². The molecule has 7 nitrogen and oxygen atoms in total. The molecule has 0 unspecified atom stereocenters. The first-order chi connectivity index (χ1) is 11.6. The SMILES string of the molecule is Cc1nc2ncnn2c(C)c1CC(=O)OCCOc1ccccc1. The number of hydrogen-bond donors (Lipinski definition) is 0. The molecule has 0 aliphatic carbocycles. The zero-order valence-corrected chi connectivity index (χ0v) is 13.6. The average Bonchev–Trinajstić information content (AvgIpc) is 3.05. The second kappa shape index (κ2) is 7.08. The van der Waals surface area contributed by atoms with E-state index in [9.17, 15) is 4.79 Å². The van der Waals surface area contributed by atoms with Gasteiger partial charge in [0.2, 0.25) is 0 Å². The summed E-state index contributed by atoms with van der Waals surface area (Å²) in [6.07, 6.45) is 1.59. The van der Waals surface area contributed by atoms with Crippen LogP contribution in [0.1, 0.15) is 17.0 Å². The first kappa shape index (κ1) is 15.9. The predicted octanol–water partition coefficient (Wildman–Crippen LogP) is 1.91. The van der Waals surface area contributed by atoms with E-state index >= 15 is 0 Å². The van der Waals surface area contributed by atoms with Crippen LogP contribution in [0.15, 0.2) is 36.7 Å². The number of rotatable bonds is 6. The molecule has 124 valence electrons. The van der Waals surface area contributed by atoms with Gasteiger partial charge in [0.1, 0.15) is 25.3 Å². The summed E-state index contributed by atoms with van der Waals surface area (Å²) in [7, 11) is 0. The summed E-state index contributed by atoms with van der Waals surface area (Å²) in [5.74, 6) is 0.957. The Hall–Kier alpha value is -2.96. The van der Waals surface area contributed by atoms with Gasteiger partial charge in [-0.15, -0.1) is 0 Å². The second-order valence-corrected chi connectivity index (χ2v) is 5.29. The van der Waals surface area contributed by atoms with Crippen molar-refractivity contribution < 1.29 is 14.3 Å². The molecule has 3 rings (SSSR count). The molecule has 0 atom stereocenters. The van der Waals surface area contributed by atoms with E-state index in [1.54, 1.807) is 4.52 Å². The maximum Gasteiger partial charge on any atom is 0.310 e. The quantitative estimate of drug-likeness (QED) is 0.508. The Morgan fingerprint density at radius 2 is 1.96 bits per heavy atom. The maximum absolute atomic E-state index is 12.1. The van der Waals surface area contributed by atoms with E-state index < -0.39 is 0 Å². The third-order valence-electron chi connectivity index (χ3n) is 3.67. The Morgan fingerprint density at radius 3 is 2.75 bits per heavy atom. The van der Waals surface area contributed by atoms with Gasteiger partial charge in [0.25, 0.3) is 5.78 Å². The van der Waals surface area contributed by atoms with Crippen molar-refractivity contribution in [2.24, 2.45) is 0 Å². The molecule has 2 heterocycles. The minimum atomic E-state index is -0.320. The maximum atomic E-state index is 12.1. The van der Waals surface area contributed by atoms with Crippen LogP contribution < -0.4 is 4.74 Å². The molecule has 0 aliphatic heterocycles. The number of nitrogens with zero attached hydrogens (tertiary/aromatic N) is 4. The van der Waals surface area contributed by atoms with Crippen LogP contribution in [0.2, 0.25) is 0 Å². The van der Waals surface area contributed by atoms with Gasteiger partial charge >= 0.3 is 5.97 Å². The number of para-hydroxylation sites is 1. The third-order valence-corrected chi connectivity index (χ3v) is 3.67. The first-order valence-corrected chi connectivity index (χ1v) is 7.64. The van der Waals surface area contributed by atoms with Gasteiger partial charge in [-0.25, -0.2) is 9.50 Å². The van der Waals surface area contributed by atoms with Crippen LogP contribution in [-0.2, 0) is 16.0 Å². The van der Waals surface area contributed by atoms with E-state index in [0.717, 1.165) is 22.7 Å². The summed E-state index contributed by atoms with van der Waals surface area (Å²) < 4.78 is 12.3. The lowest BCUT2D eigenvalue weighted by molar-refractivity contribution is -0.143. The number of hydrogen-bond acceptors (Lipinski definition) is 6. The summed E-state index contributed by atoms with van der Waals surface area (Å²) >= 11 is 0. The highest BCUT2D eigenvalue weighted by atomic mass is 16.6. The molecule has 2 aromatic heterocycles. The molecular formula is C17H18N4O3. The standard InChI is InChI=1S/C17H18N4O3/c1-12-15(13(2)21-17(20-12)18-11-19-21)10-16(22)24-9-8-23-14-6-4-3-5-7-14/h3-7,11H,8-10H2,1-2H3. The van der Waals surface area contributed by atoms with Gasteiger partial charge in [0.05, 0.1) is 6.42 Å². The number of benzene rings is 1. The van der Waals surface area contributed by atoms with Crippen molar-refractivity contribution in [3.8, 4) is 5.75 Å². The van der Waals surface area contributed by atoms with Gasteiger partial charge in [-0.2, -0.15) is 10.1 Å². The van der Waals surface area contributed by atoms with Gasteiger partial charge in [-0.1, -0.05) is 18.2 Å². The number of carbonyl (C=O) groups excluding carboxylic acids is 1. The van der Waals surface area contributed by atoms with Crippen LogP contribution in [0.4, 0.5) is 0 Å². The van der Waals surface area contributed by atoms with Gasteiger partial charge in [-0.3, -0.25) is 4.79 Å². The van der Waals surface area contributed by atoms with Crippen LogP contribution in [0.3, 0.4) is 0 Å². The van der Waals surface area contributed by atoms with Crippen LogP contribution in [0.25, 0.3) is 5.78 Å². The molecule has 0 amide bonds. The van der Waals surface area contributed by atoms with Crippen molar-refractivity contribution >= 4 is 11.7 Å². The molecule has 7 heteroatoms. The van der Waals surface area contributed by atoms with E-state index in [0.29, 0.717) is 12.4 Å².